The summed E-state index contributed by atoms with van der Waals surface area (Å²) in [5.41, 5.74) is 7.47. The van der Waals surface area contributed by atoms with Gasteiger partial charge in [-0.1, -0.05) is 29.8 Å². The SMILES string of the molecule is COCC(C)(C)NC(=O)C(N)c1ccc(C)cc1. The Bertz CT molecular complexity index is 399. The molecule has 0 aliphatic carbocycles. The molecule has 1 unspecified atom stereocenters. The molecular weight excluding hydrogens is 228 g/mol. The Morgan fingerprint density at radius 1 is 1.39 bits per heavy atom. The molecule has 1 atom stereocenters. The third-order valence-electron chi connectivity index (χ3n) is 2.69. The highest BCUT2D eigenvalue weighted by molar-refractivity contribution is 5.83. The minimum absolute atomic E-state index is 0.194. The van der Waals surface area contributed by atoms with Crippen LogP contribution in [0, 0.1) is 6.92 Å². The molecule has 1 aromatic carbocycles. The number of aryl methyl sites for hydroxylation is 1. The number of nitrogens with two attached hydrogens (primary N) is 1. The summed E-state index contributed by atoms with van der Waals surface area (Å²) in [6.45, 7) is 6.24. The van der Waals surface area contributed by atoms with Gasteiger partial charge in [-0.05, 0) is 26.3 Å². The van der Waals surface area contributed by atoms with Crippen LogP contribution in [-0.4, -0.2) is 25.2 Å². The number of hydrogen-bond donors (Lipinski definition) is 2. The number of ether oxygens (including phenoxy) is 1. The molecule has 0 aliphatic rings. The molecule has 4 heteroatoms. The average Bonchev–Trinajstić information content (AvgIpc) is 2.28. The van der Waals surface area contributed by atoms with E-state index in [1.165, 1.54) is 0 Å². The van der Waals surface area contributed by atoms with Crippen LogP contribution < -0.4 is 11.1 Å². The summed E-state index contributed by atoms with van der Waals surface area (Å²) in [7, 11) is 1.60. The molecule has 0 fully saturated rings. The van der Waals surface area contributed by atoms with E-state index in [0.29, 0.717) is 6.61 Å². The molecule has 1 rings (SSSR count). The summed E-state index contributed by atoms with van der Waals surface area (Å²) in [6.07, 6.45) is 0. The fourth-order valence-corrected chi connectivity index (χ4v) is 1.73. The Balaban J connectivity index is 2.69. The average molecular weight is 250 g/mol. The highest BCUT2D eigenvalue weighted by atomic mass is 16.5. The monoisotopic (exact) mass is 250 g/mol. The fourth-order valence-electron chi connectivity index (χ4n) is 1.73. The lowest BCUT2D eigenvalue weighted by Gasteiger charge is -2.27. The number of nitrogens with one attached hydrogen (secondary N) is 1. The Kier molecular flexibility index (Phi) is 4.87. The van der Waals surface area contributed by atoms with Crippen LogP contribution in [-0.2, 0) is 9.53 Å². The van der Waals surface area contributed by atoms with Crippen molar-refractivity contribution in [2.75, 3.05) is 13.7 Å². The third kappa shape index (κ3) is 4.13. The van der Waals surface area contributed by atoms with E-state index in [9.17, 15) is 4.79 Å². The van der Waals surface area contributed by atoms with Gasteiger partial charge in [0.1, 0.15) is 6.04 Å². The quantitative estimate of drug-likeness (QED) is 0.833. The molecular formula is C14H22N2O2. The van der Waals surface area contributed by atoms with Crippen LogP contribution in [0.4, 0.5) is 0 Å². The van der Waals surface area contributed by atoms with Crippen molar-refractivity contribution < 1.29 is 9.53 Å². The first-order valence-electron chi connectivity index (χ1n) is 5.99. The number of hydrogen-bond acceptors (Lipinski definition) is 3. The summed E-state index contributed by atoms with van der Waals surface area (Å²) in [5.74, 6) is -0.194. The summed E-state index contributed by atoms with van der Waals surface area (Å²) in [4.78, 5) is 12.0. The smallest absolute Gasteiger partial charge is 0.242 e. The van der Waals surface area contributed by atoms with Gasteiger partial charge in [0.15, 0.2) is 0 Å². The number of carbonyl (C=O) groups excluding carboxylic acids is 1. The Labute approximate surface area is 109 Å². The van der Waals surface area contributed by atoms with Gasteiger partial charge in [0.05, 0.1) is 12.1 Å². The van der Waals surface area contributed by atoms with E-state index in [-0.39, 0.29) is 5.91 Å². The lowest BCUT2D eigenvalue weighted by Crippen LogP contribution is -2.49. The van der Waals surface area contributed by atoms with Crippen molar-refractivity contribution in [3.05, 3.63) is 35.4 Å². The van der Waals surface area contributed by atoms with Crippen molar-refractivity contribution >= 4 is 5.91 Å². The van der Waals surface area contributed by atoms with Gasteiger partial charge in [-0.3, -0.25) is 4.79 Å². The first kappa shape index (κ1) is 14.7. The lowest BCUT2D eigenvalue weighted by atomic mass is 10.0. The molecule has 0 saturated carbocycles. The highest BCUT2D eigenvalue weighted by Crippen LogP contribution is 2.13. The predicted molar refractivity (Wildman–Crippen MR) is 72.2 cm³/mol. The normalized spacial score (nSPS) is 13.2. The maximum absolute atomic E-state index is 12.0. The van der Waals surface area contributed by atoms with Crippen LogP contribution in [0.15, 0.2) is 24.3 Å². The molecule has 0 aromatic heterocycles. The minimum atomic E-state index is -0.651. The molecule has 3 N–H and O–H groups in total. The van der Waals surface area contributed by atoms with Gasteiger partial charge < -0.3 is 15.8 Å². The van der Waals surface area contributed by atoms with E-state index < -0.39 is 11.6 Å². The fraction of sp³-hybridized carbons (Fsp3) is 0.500. The van der Waals surface area contributed by atoms with Gasteiger partial charge in [0, 0.05) is 7.11 Å². The second-order valence-electron chi connectivity index (χ2n) is 5.19. The molecule has 4 nitrogen and oxygen atoms in total. The molecule has 100 valence electrons. The van der Waals surface area contributed by atoms with Crippen LogP contribution >= 0.6 is 0 Å². The standard InChI is InChI=1S/C14H22N2O2/c1-10-5-7-11(8-6-10)12(15)13(17)16-14(2,3)9-18-4/h5-8,12H,9,15H2,1-4H3,(H,16,17). The minimum Gasteiger partial charge on any atom is -0.382 e. The first-order chi connectivity index (χ1) is 8.35. The topological polar surface area (TPSA) is 64.3 Å². The molecule has 0 saturated heterocycles. The molecule has 1 amide bonds. The van der Waals surface area contributed by atoms with Crippen molar-refractivity contribution in [1.29, 1.82) is 0 Å². The van der Waals surface area contributed by atoms with Gasteiger partial charge in [-0.25, -0.2) is 0 Å². The van der Waals surface area contributed by atoms with E-state index in [2.05, 4.69) is 5.32 Å². The van der Waals surface area contributed by atoms with Crippen LogP contribution in [0.2, 0.25) is 0 Å². The largest absolute Gasteiger partial charge is 0.382 e. The zero-order chi connectivity index (χ0) is 13.8. The predicted octanol–water partition coefficient (Wildman–Crippen LogP) is 1.54. The molecule has 0 radical (unpaired) electrons. The summed E-state index contributed by atoms with van der Waals surface area (Å²) >= 11 is 0. The zero-order valence-electron chi connectivity index (χ0n) is 11.5. The molecule has 18 heavy (non-hydrogen) atoms. The molecule has 0 bridgehead atoms. The summed E-state index contributed by atoms with van der Waals surface area (Å²) in [5, 5.41) is 2.88. The number of methoxy groups -OCH3 is 1. The molecule has 0 aliphatic heterocycles. The summed E-state index contributed by atoms with van der Waals surface area (Å²) < 4.78 is 5.05. The molecule has 0 heterocycles. The van der Waals surface area contributed by atoms with E-state index in [1.54, 1.807) is 7.11 Å². The number of rotatable bonds is 5. The number of benzene rings is 1. The van der Waals surface area contributed by atoms with Gasteiger partial charge in [-0.15, -0.1) is 0 Å². The van der Waals surface area contributed by atoms with Crippen LogP contribution in [0.5, 0.6) is 0 Å². The Morgan fingerprint density at radius 3 is 2.44 bits per heavy atom. The van der Waals surface area contributed by atoms with Crippen molar-refractivity contribution in [3.63, 3.8) is 0 Å². The van der Waals surface area contributed by atoms with Gasteiger partial charge in [0.2, 0.25) is 5.91 Å². The number of carbonyl (C=O) groups is 1. The van der Waals surface area contributed by atoms with Crippen molar-refractivity contribution in [3.8, 4) is 0 Å². The maximum Gasteiger partial charge on any atom is 0.242 e. The van der Waals surface area contributed by atoms with Crippen LogP contribution in [0.25, 0.3) is 0 Å². The maximum atomic E-state index is 12.0. The highest BCUT2D eigenvalue weighted by Gasteiger charge is 2.24. The molecule has 1 aromatic rings. The van der Waals surface area contributed by atoms with Gasteiger partial charge in [-0.2, -0.15) is 0 Å². The van der Waals surface area contributed by atoms with Gasteiger partial charge in [0.25, 0.3) is 0 Å². The first-order valence-corrected chi connectivity index (χ1v) is 5.99. The van der Waals surface area contributed by atoms with Crippen molar-refractivity contribution in [2.45, 2.75) is 32.4 Å². The zero-order valence-corrected chi connectivity index (χ0v) is 11.5. The van der Waals surface area contributed by atoms with E-state index in [4.69, 9.17) is 10.5 Å². The van der Waals surface area contributed by atoms with E-state index in [1.807, 2.05) is 45.0 Å². The van der Waals surface area contributed by atoms with Crippen molar-refractivity contribution in [1.82, 2.24) is 5.32 Å². The Morgan fingerprint density at radius 2 is 1.94 bits per heavy atom. The van der Waals surface area contributed by atoms with E-state index >= 15 is 0 Å². The van der Waals surface area contributed by atoms with Crippen LogP contribution in [0.1, 0.15) is 31.0 Å². The lowest BCUT2D eigenvalue weighted by molar-refractivity contribution is -0.124. The number of amides is 1. The van der Waals surface area contributed by atoms with Crippen molar-refractivity contribution in [2.24, 2.45) is 5.73 Å². The van der Waals surface area contributed by atoms with Gasteiger partial charge >= 0.3 is 0 Å². The summed E-state index contributed by atoms with van der Waals surface area (Å²) in [6, 6.07) is 7.00. The second kappa shape index (κ2) is 5.98. The van der Waals surface area contributed by atoms with E-state index in [0.717, 1.165) is 11.1 Å². The van der Waals surface area contributed by atoms with Crippen LogP contribution in [0.3, 0.4) is 0 Å². The molecule has 0 spiro atoms. The Hall–Kier alpha value is -1.39. The second-order valence-corrected chi connectivity index (χ2v) is 5.19. The third-order valence-corrected chi connectivity index (χ3v) is 2.69.